The van der Waals surface area contributed by atoms with Crippen molar-refractivity contribution in [3.63, 3.8) is 0 Å². The van der Waals surface area contributed by atoms with Crippen LogP contribution in [0.4, 0.5) is 0 Å². The number of aliphatic hydroxyl groups is 1. The number of nitrogens with zero attached hydrogens (tertiary/aromatic N) is 1. The van der Waals surface area contributed by atoms with Gasteiger partial charge in [0.1, 0.15) is 12.4 Å². The average molecular weight is 562 g/mol. The molecule has 0 aliphatic heterocycles. The summed E-state index contributed by atoms with van der Waals surface area (Å²) in [5.74, 6) is -0.0149. The Kier molecular flexibility index (Phi) is 7.72. The number of hydrogen-bond acceptors (Lipinski definition) is 4. The van der Waals surface area contributed by atoms with Gasteiger partial charge in [0.05, 0.1) is 6.21 Å². The van der Waals surface area contributed by atoms with Gasteiger partial charge in [-0.25, -0.2) is 5.43 Å². The molecule has 0 aliphatic carbocycles. The molecule has 0 aliphatic rings. The molecular weight excluding hydrogens is 539 g/mol. The molecule has 5 nitrogen and oxygen atoms in total. The van der Waals surface area contributed by atoms with Gasteiger partial charge in [-0.1, -0.05) is 84.9 Å². The lowest BCUT2D eigenvalue weighted by molar-refractivity contribution is -0.136. The van der Waals surface area contributed by atoms with Crippen molar-refractivity contribution >= 4 is 34.7 Å². The Bertz CT molecular complexity index is 1220. The second kappa shape index (κ2) is 11.1. The van der Waals surface area contributed by atoms with E-state index >= 15 is 0 Å². The lowest BCUT2D eigenvalue weighted by Crippen LogP contribution is -2.43. The smallest absolute Gasteiger partial charge is 0.281 e. The van der Waals surface area contributed by atoms with Crippen LogP contribution in [-0.4, -0.2) is 17.2 Å². The topological polar surface area (TPSA) is 70.9 Å². The predicted molar refractivity (Wildman–Crippen MR) is 142 cm³/mol. The summed E-state index contributed by atoms with van der Waals surface area (Å²) in [5, 5.41) is 15.6. The van der Waals surface area contributed by atoms with Crippen LogP contribution in [0.1, 0.15) is 22.3 Å². The van der Waals surface area contributed by atoms with Crippen molar-refractivity contribution in [3.8, 4) is 5.75 Å². The van der Waals surface area contributed by atoms with Crippen LogP contribution >= 0.6 is 22.6 Å². The highest BCUT2D eigenvalue weighted by atomic mass is 127. The van der Waals surface area contributed by atoms with Crippen molar-refractivity contribution in [1.29, 1.82) is 0 Å². The normalized spacial score (nSPS) is 11.4. The molecule has 0 heterocycles. The Balaban J connectivity index is 1.51. The van der Waals surface area contributed by atoms with Crippen LogP contribution in [0.5, 0.6) is 5.75 Å². The summed E-state index contributed by atoms with van der Waals surface area (Å²) in [6, 6.07) is 33.2. The Morgan fingerprint density at radius 3 is 2.03 bits per heavy atom. The van der Waals surface area contributed by atoms with Crippen LogP contribution in [0.2, 0.25) is 0 Å². The standard InChI is InChI=1S/C28H23IN2O3/c29-25-17-15-21(16-18-25)20-34-26-14-8-7-9-22(26)19-30-31-27(32)28(33,23-10-3-1-4-11-23)24-12-5-2-6-13-24/h1-19,33H,20H2,(H,31,32)/b30-19-. The minimum Gasteiger partial charge on any atom is -0.488 e. The largest absolute Gasteiger partial charge is 0.488 e. The van der Waals surface area contributed by atoms with E-state index in [0.29, 0.717) is 29.0 Å². The number of benzene rings is 4. The molecule has 0 aromatic heterocycles. The summed E-state index contributed by atoms with van der Waals surface area (Å²) in [6.07, 6.45) is 1.51. The van der Waals surface area contributed by atoms with Crippen molar-refractivity contribution in [1.82, 2.24) is 5.43 Å². The lowest BCUT2D eigenvalue weighted by atomic mass is 9.85. The quantitative estimate of drug-likeness (QED) is 0.175. The fourth-order valence-corrected chi connectivity index (χ4v) is 3.85. The first-order chi connectivity index (χ1) is 16.6. The molecule has 1 amide bonds. The maximum atomic E-state index is 13.2. The van der Waals surface area contributed by atoms with E-state index in [4.69, 9.17) is 4.74 Å². The van der Waals surface area contributed by atoms with E-state index in [1.165, 1.54) is 6.21 Å². The van der Waals surface area contributed by atoms with E-state index < -0.39 is 11.5 Å². The number of hydrazone groups is 1. The third-order valence-electron chi connectivity index (χ3n) is 5.31. The maximum absolute atomic E-state index is 13.2. The van der Waals surface area contributed by atoms with Crippen LogP contribution in [0.25, 0.3) is 0 Å². The highest BCUT2D eigenvalue weighted by molar-refractivity contribution is 14.1. The zero-order chi connectivity index (χ0) is 23.8. The van der Waals surface area contributed by atoms with Crippen LogP contribution in [0.3, 0.4) is 0 Å². The molecule has 2 N–H and O–H groups in total. The van der Waals surface area contributed by atoms with Crippen LogP contribution in [-0.2, 0) is 17.0 Å². The van der Waals surface area contributed by atoms with Gasteiger partial charge in [-0.05, 0) is 63.5 Å². The van der Waals surface area contributed by atoms with Gasteiger partial charge in [0, 0.05) is 9.13 Å². The van der Waals surface area contributed by atoms with Gasteiger partial charge in [-0.3, -0.25) is 4.79 Å². The molecule has 6 heteroatoms. The number of nitrogens with one attached hydrogen (secondary N) is 1. The van der Waals surface area contributed by atoms with Crippen molar-refractivity contribution in [2.45, 2.75) is 12.2 Å². The number of amides is 1. The molecule has 34 heavy (non-hydrogen) atoms. The number of rotatable bonds is 8. The lowest BCUT2D eigenvalue weighted by Gasteiger charge is -2.27. The fourth-order valence-electron chi connectivity index (χ4n) is 3.49. The summed E-state index contributed by atoms with van der Waals surface area (Å²) >= 11 is 2.26. The van der Waals surface area contributed by atoms with Gasteiger partial charge in [-0.15, -0.1) is 0 Å². The molecule has 0 spiro atoms. The number of halogens is 1. The average Bonchev–Trinajstić information content (AvgIpc) is 2.89. The van der Waals surface area contributed by atoms with E-state index in [2.05, 4.69) is 33.1 Å². The van der Waals surface area contributed by atoms with Gasteiger partial charge < -0.3 is 9.84 Å². The second-order valence-electron chi connectivity index (χ2n) is 7.59. The third kappa shape index (κ3) is 5.52. The van der Waals surface area contributed by atoms with Gasteiger partial charge in [0.25, 0.3) is 5.91 Å². The molecule has 0 bridgehead atoms. The molecule has 4 aromatic rings. The number of carbonyl (C=O) groups is 1. The second-order valence-corrected chi connectivity index (χ2v) is 8.84. The van der Waals surface area contributed by atoms with Crippen molar-refractivity contribution in [2.75, 3.05) is 0 Å². The van der Waals surface area contributed by atoms with E-state index in [-0.39, 0.29) is 0 Å². The molecule has 0 saturated heterocycles. The fraction of sp³-hybridized carbons (Fsp3) is 0.0714. The van der Waals surface area contributed by atoms with Gasteiger partial charge >= 0.3 is 0 Å². The summed E-state index contributed by atoms with van der Waals surface area (Å²) in [7, 11) is 0. The summed E-state index contributed by atoms with van der Waals surface area (Å²) in [4.78, 5) is 13.2. The van der Waals surface area contributed by atoms with Gasteiger partial charge in [-0.2, -0.15) is 5.10 Å². The Morgan fingerprint density at radius 1 is 0.853 bits per heavy atom. The zero-order valence-corrected chi connectivity index (χ0v) is 20.4. The van der Waals surface area contributed by atoms with Crippen LogP contribution in [0, 0.1) is 3.57 Å². The minimum absolute atomic E-state index is 0.413. The summed E-state index contributed by atoms with van der Waals surface area (Å²) in [5.41, 5.74) is 3.28. The maximum Gasteiger partial charge on any atom is 0.281 e. The predicted octanol–water partition coefficient (Wildman–Crippen LogP) is 5.26. The molecule has 0 fully saturated rings. The molecule has 4 aromatic carbocycles. The molecule has 4 rings (SSSR count). The molecule has 0 unspecified atom stereocenters. The zero-order valence-electron chi connectivity index (χ0n) is 18.3. The van der Waals surface area contributed by atoms with E-state index in [1.807, 2.05) is 60.7 Å². The molecule has 170 valence electrons. The van der Waals surface area contributed by atoms with Gasteiger partial charge in [0.2, 0.25) is 0 Å². The number of para-hydroxylation sites is 1. The van der Waals surface area contributed by atoms with Crippen molar-refractivity contribution in [2.24, 2.45) is 5.10 Å². The van der Waals surface area contributed by atoms with Crippen molar-refractivity contribution in [3.05, 3.63) is 135 Å². The van der Waals surface area contributed by atoms with Crippen molar-refractivity contribution < 1.29 is 14.6 Å². The minimum atomic E-state index is -1.89. The van der Waals surface area contributed by atoms with Gasteiger partial charge in [0.15, 0.2) is 5.60 Å². The Hall–Kier alpha value is -3.49. The Morgan fingerprint density at radius 2 is 1.41 bits per heavy atom. The first-order valence-electron chi connectivity index (χ1n) is 10.7. The molecule has 0 radical (unpaired) electrons. The summed E-state index contributed by atoms with van der Waals surface area (Å²) < 4.78 is 7.13. The first kappa shape index (κ1) is 23.7. The van der Waals surface area contributed by atoms with Crippen LogP contribution in [0.15, 0.2) is 114 Å². The molecular formula is C28H23IN2O3. The Labute approximate surface area is 212 Å². The van der Waals surface area contributed by atoms with Crippen LogP contribution < -0.4 is 10.2 Å². The highest BCUT2D eigenvalue weighted by Gasteiger charge is 2.39. The SMILES string of the molecule is O=C(N/N=C\c1ccccc1OCc1ccc(I)cc1)C(O)(c1ccccc1)c1ccccc1. The van der Waals surface area contributed by atoms with E-state index in [0.717, 1.165) is 9.13 Å². The monoisotopic (exact) mass is 562 g/mol. The number of hydrogen-bond donors (Lipinski definition) is 2. The third-order valence-corrected chi connectivity index (χ3v) is 6.03. The molecule has 0 saturated carbocycles. The van der Waals surface area contributed by atoms with E-state index in [1.54, 1.807) is 48.5 Å². The highest BCUT2D eigenvalue weighted by Crippen LogP contribution is 2.30. The number of carbonyl (C=O) groups excluding carboxylic acids is 1. The van der Waals surface area contributed by atoms with E-state index in [9.17, 15) is 9.90 Å². The summed E-state index contributed by atoms with van der Waals surface area (Å²) in [6.45, 7) is 0.413. The number of ether oxygens (including phenoxy) is 1. The first-order valence-corrected chi connectivity index (χ1v) is 11.8. The molecule has 0 atom stereocenters.